The van der Waals surface area contributed by atoms with Crippen LogP contribution in [0.2, 0.25) is 5.02 Å². The summed E-state index contributed by atoms with van der Waals surface area (Å²) in [5, 5.41) is -0.574. The number of hydrogen-bond donors (Lipinski definition) is 0. The van der Waals surface area contributed by atoms with Gasteiger partial charge in [-0.2, -0.15) is 0 Å². The first kappa shape index (κ1) is 11.0. The predicted molar refractivity (Wildman–Crippen MR) is 41.7 cm³/mol. The highest BCUT2D eigenvalue weighted by Gasteiger charge is 2.22. The Hall–Kier alpha value is -1.10. The Morgan fingerprint density at radius 2 is 1.79 bits per heavy atom. The van der Waals surface area contributed by atoms with Gasteiger partial charge in [0.25, 0.3) is 0 Å². The van der Waals surface area contributed by atoms with Crippen molar-refractivity contribution in [3.8, 4) is 0 Å². The van der Waals surface area contributed by atoms with Crippen LogP contribution in [0.15, 0.2) is 12.1 Å². The molecule has 0 spiro atoms. The van der Waals surface area contributed by atoms with Crippen molar-refractivity contribution >= 4 is 17.4 Å². The van der Waals surface area contributed by atoms with Crippen molar-refractivity contribution in [2.24, 2.45) is 0 Å². The largest absolute Gasteiger partial charge is 0.300 e. The number of halogens is 5. The summed E-state index contributed by atoms with van der Waals surface area (Å²) in [4.78, 5) is 10.7. The number of hydrogen-bond acceptors (Lipinski definition) is 1. The number of ketones is 1. The maximum atomic E-state index is 12.8. The van der Waals surface area contributed by atoms with Gasteiger partial charge in [-0.25, -0.2) is 17.6 Å². The van der Waals surface area contributed by atoms with Crippen LogP contribution in [0.25, 0.3) is 0 Å². The summed E-state index contributed by atoms with van der Waals surface area (Å²) in [7, 11) is 0. The summed E-state index contributed by atoms with van der Waals surface area (Å²) in [6.07, 6.45) is -3.34. The smallest absolute Gasteiger partial charge is 0.288 e. The fraction of sp³-hybridized carbons (Fsp3) is 0.125. The molecular formula is C8H3ClF4O. The SMILES string of the molecule is O=C(c1cc(Cl)c(F)cc1F)C(F)F. The summed E-state index contributed by atoms with van der Waals surface area (Å²) in [5.74, 6) is -4.17. The van der Waals surface area contributed by atoms with E-state index in [4.69, 9.17) is 11.6 Å². The summed E-state index contributed by atoms with van der Waals surface area (Å²) in [6, 6.07) is 0.832. The van der Waals surface area contributed by atoms with Gasteiger partial charge in [0.15, 0.2) is 0 Å². The van der Waals surface area contributed by atoms with E-state index in [1.54, 1.807) is 0 Å². The topological polar surface area (TPSA) is 17.1 Å². The number of alkyl halides is 2. The second-order valence-corrected chi connectivity index (χ2v) is 2.82. The number of carbonyl (C=O) groups is 1. The van der Waals surface area contributed by atoms with Gasteiger partial charge >= 0.3 is 6.43 Å². The Kier molecular flexibility index (Phi) is 3.10. The Morgan fingerprint density at radius 3 is 2.29 bits per heavy atom. The normalized spacial score (nSPS) is 10.7. The first-order valence-electron chi connectivity index (χ1n) is 3.40. The van der Waals surface area contributed by atoms with Crippen molar-refractivity contribution in [2.45, 2.75) is 6.43 Å². The Bertz CT molecular complexity index is 378. The highest BCUT2D eigenvalue weighted by Crippen LogP contribution is 2.21. The lowest BCUT2D eigenvalue weighted by molar-refractivity contribution is 0.0674. The summed E-state index contributed by atoms with van der Waals surface area (Å²) in [5.41, 5.74) is -0.911. The number of benzene rings is 1. The molecule has 1 rings (SSSR count). The molecule has 0 heterocycles. The van der Waals surface area contributed by atoms with Gasteiger partial charge in [-0.3, -0.25) is 4.79 Å². The van der Waals surface area contributed by atoms with Gasteiger partial charge in [0.2, 0.25) is 5.78 Å². The molecule has 0 saturated carbocycles. The van der Waals surface area contributed by atoms with Crippen LogP contribution in [-0.4, -0.2) is 12.2 Å². The lowest BCUT2D eigenvalue weighted by Gasteiger charge is -2.02. The molecule has 0 aliphatic rings. The zero-order valence-corrected chi connectivity index (χ0v) is 7.29. The van der Waals surface area contributed by atoms with Crippen molar-refractivity contribution < 1.29 is 22.4 Å². The molecule has 76 valence electrons. The summed E-state index contributed by atoms with van der Waals surface area (Å²) < 4.78 is 49.1. The molecule has 0 aliphatic heterocycles. The van der Waals surface area contributed by atoms with Gasteiger partial charge in [0.1, 0.15) is 11.6 Å². The second kappa shape index (κ2) is 3.96. The van der Waals surface area contributed by atoms with Gasteiger partial charge in [-0.15, -0.1) is 0 Å². The molecule has 0 fully saturated rings. The molecule has 0 unspecified atom stereocenters. The third kappa shape index (κ3) is 2.04. The molecule has 0 aromatic heterocycles. The number of carbonyl (C=O) groups excluding carboxylic acids is 1. The lowest BCUT2D eigenvalue weighted by Crippen LogP contribution is -2.12. The van der Waals surface area contributed by atoms with Crippen LogP contribution in [0, 0.1) is 11.6 Å². The molecule has 0 amide bonds. The molecular weight excluding hydrogens is 224 g/mol. The van der Waals surface area contributed by atoms with E-state index >= 15 is 0 Å². The summed E-state index contributed by atoms with van der Waals surface area (Å²) in [6.45, 7) is 0. The van der Waals surface area contributed by atoms with Crippen LogP contribution in [-0.2, 0) is 0 Å². The van der Waals surface area contributed by atoms with E-state index in [1.165, 1.54) is 0 Å². The fourth-order valence-electron chi connectivity index (χ4n) is 0.829. The third-order valence-electron chi connectivity index (χ3n) is 1.47. The van der Waals surface area contributed by atoms with Crippen molar-refractivity contribution in [2.75, 3.05) is 0 Å². The Morgan fingerprint density at radius 1 is 1.21 bits per heavy atom. The molecule has 6 heteroatoms. The molecule has 14 heavy (non-hydrogen) atoms. The van der Waals surface area contributed by atoms with E-state index in [0.717, 1.165) is 0 Å². The van der Waals surface area contributed by atoms with Crippen molar-refractivity contribution in [1.29, 1.82) is 0 Å². The number of Topliss-reactive ketones (excluding diaryl/α,β-unsaturated/α-hetero) is 1. The quantitative estimate of drug-likeness (QED) is 0.430. The molecule has 0 N–H and O–H groups in total. The van der Waals surface area contributed by atoms with E-state index in [2.05, 4.69) is 0 Å². The highest BCUT2D eigenvalue weighted by molar-refractivity contribution is 6.31. The van der Waals surface area contributed by atoms with Crippen molar-refractivity contribution in [3.05, 3.63) is 34.4 Å². The molecule has 1 nitrogen and oxygen atoms in total. The Labute approximate surface area is 81.3 Å². The van der Waals surface area contributed by atoms with Crippen LogP contribution in [0.1, 0.15) is 10.4 Å². The maximum absolute atomic E-state index is 12.8. The van der Waals surface area contributed by atoms with Crippen LogP contribution in [0.5, 0.6) is 0 Å². The van der Waals surface area contributed by atoms with E-state index in [-0.39, 0.29) is 6.07 Å². The first-order chi connectivity index (χ1) is 6.43. The minimum absolute atomic E-state index is 0.290. The zero-order valence-electron chi connectivity index (χ0n) is 6.53. The van der Waals surface area contributed by atoms with Crippen LogP contribution < -0.4 is 0 Å². The zero-order chi connectivity index (χ0) is 10.9. The van der Waals surface area contributed by atoms with Gasteiger partial charge in [0, 0.05) is 6.07 Å². The van der Waals surface area contributed by atoms with E-state index < -0.39 is 34.4 Å². The van der Waals surface area contributed by atoms with Gasteiger partial charge in [0.05, 0.1) is 10.6 Å². The predicted octanol–water partition coefficient (Wildman–Crippen LogP) is 3.07. The van der Waals surface area contributed by atoms with Crippen molar-refractivity contribution in [3.63, 3.8) is 0 Å². The molecule has 1 aromatic rings. The second-order valence-electron chi connectivity index (χ2n) is 2.41. The lowest BCUT2D eigenvalue weighted by atomic mass is 10.1. The van der Waals surface area contributed by atoms with Gasteiger partial charge in [-0.1, -0.05) is 11.6 Å². The molecule has 0 atom stereocenters. The molecule has 0 radical (unpaired) electrons. The van der Waals surface area contributed by atoms with E-state index in [1.807, 2.05) is 0 Å². The van der Waals surface area contributed by atoms with E-state index in [0.29, 0.717) is 6.07 Å². The third-order valence-corrected chi connectivity index (χ3v) is 1.76. The summed E-state index contributed by atoms with van der Waals surface area (Å²) >= 11 is 5.20. The monoisotopic (exact) mass is 226 g/mol. The van der Waals surface area contributed by atoms with Crippen molar-refractivity contribution in [1.82, 2.24) is 0 Å². The first-order valence-corrected chi connectivity index (χ1v) is 3.78. The fourth-order valence-corrected chi connectivity index (χ4v) is 0.993. The van der Waals surface area contributed by atoms with Crippen LogP contribution in [0.4, 0.5) is 17.6 Å². The van der Waals surface area contributed by atoms with Crippen LogP contribution >= 0.6 is 11.6 Å². The molecule has 0 saturated heterocycles. The van der Waals surface area contributed by atoms with E-state index in [9.17, 15) is 22.4 Å². The standard InChI is InChI=1S/C8H3ClF4O/c9-4-1-3(7(14)8(12)13)5(10)2-6(4)11/h1-2,8H. The minimum atomic E-state index is -3.34. The Balaban J connectivity index is 3.22. The molecule has 1 aromatic carbocycles. The molecule has 0 bridgehead atoms. The van der Waals surface area contributed by atoms with Gasteiger partial charge in [-0.05, 0) is 6.07 Å². The average Bonchev–Trinajstić information content (AvgIpc) is 2.10. The average molecular weight is 227 g/mol. The van der Waals surface area contributed by atoms with Gasteiger partial charge < -0.3 is 0 Å². The number of rotatable bonds is 2. The van der Waals surface area contributed by atoms with Crippen LogP contribution in [0.3, 0.4) is 0 Å². The molecule has 0 aliphatic carbocycles. The highest BCUT2D eigenvalue weighted by atomic mass is 35.5. The minimum Gasteiger partial charge on any atom is -0.288 e. The maximum Gasteiger partial charge on any atom is 0.300 e.